The van der Waals surface area contributed by atoms with E-state index >= 15 is 0 Å². The second-order valence-electron chi connectivity index (χ2n) is 3.93. The van der Waals surface area contributed by atoms with Crippen molar-refractivity contribution in [2.75, 3.05) is 18.2 Å². The Kier molecular flexibility index (Phi) is 4.61. The molecule has 19 heavy (non-hydrogen) atoms. The van der Waals surface area contributed by atoms with Crippen LogP contribution < -0.4 is 4.90 Å². The van der Waals surface area contributed by atoms with E-state index in [-0.39, 0.29) is 5.91 Å². The van der Waals surface area contributed by atoms with Gasteiger partial charge in [-0.05, 0) is 58.6 Å². The third-order valence-corrected chi connectivity index (χ3v) is 3.91. The Morgan fingerprint density at radius 2 is 1.89 bits per heavy atom. The number of hydrogen-bond acceptors (Lipinski definition) is 3. The minimum atomic E-state index is -0.0672. The van der Waals surface area contributed by atoms with Crippen LogP contribution in [-0.4, -0.2) is 24.2 Å². The van der Waals surface area contributed by atoms with Crippen molar-refractivity contribution in [3.63, 3.8) is 0 Å². The van der Waals surface area contributed by atoms with Crippen LogP contribution in [-0.2, 0) is 0 Å². The smallest absolute Gasteiger partial charge is 0.259 e. The number of hydrogen-bond donors (Lipinski definition) is 0. The van der Waals surface area contributed by atoms with Gasteiger partial charge in [0.15, 0.2) is 0 Å². The normalized spacial score (nSPS) is 10.3. The average Bonchev–Trinajstić information content (AvgIpc) is 2.46. The molecule has 2 rings (SSSR count). The molecule has 1 heterocycles. The maximum Gasteiger partial charge on any atom is 0.259 e. The largest absolute Gasteiger partial charge is 0.296 e. The van der Waals surface area contributed by atoms with Gasteiger partial charge in [-0.25, -0.2) is 4.98 Å². The molecule has 3 nitrogen and oxygen atoms in total. The molecule has 2 aromatic rings. The van der Waals surface area contributed by atoms with E-state index in [2.05, 4.69) is 20.9 Å². The lowest BCUT2D eigenvalue weighted by molar-refractivity contribution is 0.0992. The van der Waals surface area contributed by atoms with E-state index in [0.29, 0.717) is 11.4 Å². The summed E-state index contributed by atoms with van der Waals surface area (Å²) in [6, 6.07) is 11.2. The van der Waals surface area contributed by atoms with Crippen LogP contribution in [0.3, 0.4) is 0 Å². The van der Waals surface area contributed by atoms with Crippen molar-refractivity contribution in [1.29, 1.82) is 0 Å². The van der Waals surface area contributed by atoms with E-state index in [0.717, 1.165) is 9.37 Å². The van der Waals surface area contributed by atoms with Crippen molar-refractivity contribution in [3.8, 4) is 0 Å². The molecule has 0 atom stereocenters. The molecule has 0 aliphatic rings. The molecule has 0 N–H and O–H groups in total. The van der Waals surface area contributed by atoms with E-state index in [1.807, 2.05) is 36.6 Å². The van der Waals surface area contributed by atoms with Crippen LogP contribution in [0.15, 0.2) is 52.0 Å². The Hall–Kier alpha value is -1.33. The fourth-order valence-electron chi connectivity index (χ4n) is 1.60. The summed E-state index contributed by atoms with van der Waals surface area (Å²) < 4.78 is 0.890. The summed E-state index contributed by atoms with van der Waals surface area (Å²) in [5.41, 5.74) is 0.657. The molecule has 1 aromatic heterocycles. The minimum Gasteiger partial charge on any atom is -0.296 e. The molecule has 0 aliphatic carbocycles. The quantitative estimate of drug-likeness (QED) is 0.798. The first-order valence-corrected chi connectivity index (χ1v) is 7.67. The van der Waals surface area contributed by atoms with E-state index < -0.39 is 0 Å². The summed E-state index contributed by atoms with van der Waals surface area (Å²) >= 11 is 4.98. The Labute approximate surface area is 125 Å². The molecule has 98 valence electrons. The van der Waals surface area contributed by atoms with Gasteiger partial charge in [-0.3, -0.25) is 9.69 Å². The number of carbonyl (C=O) groups is 1. The number of benzene rings is 1. The number of anilines is 1. The molecule has 5 heteroatoms. The van der Waals surface area contributed by atoms with Gasteiger partial charge in [-0.1, -0.05) is 0 Å². The highest BCUT2D eigenvalue weighted by molar-refractivity contribution is 9.10. The molecular weight excluding hydrogens is 324 g/mol. The molecule has 0 bridgehead atoms. The summed E-state index contributed by atoms with van der Waals surface area (Å²) in [5.74, 6) is 0.560. The van der Waals surface area contributed by atoms with E-state index in [4.69, 9.17) is 0 Å². The lowest BCUT2D eigenvalue weighted by Gasteiger charge is -2.16. The van der Waals surface area contributed by atoms with Crippen LogP contribution >= 0.6 is 27.7 Å². The molecule has 0 unspecified atom stereocenters. The van der Waals surface area contributed by atoms with Crippen LogP contribution in [0.1, 0.15) is 10.4 Å². The standard InChI is InChI=1S/C14H13BrN2OS/c1-17(13-8-5-11(15)9-16-13)14(18)10-3-6-12(19-2)7-4-10/h3-9H,1-2H3. The van der Waals surface area contributed by atoms with Crippen molar-refractivity contribution in [2.45, 2.75) is 4.90 Å². The lowest BCUT2D eigenvalue weighted by atomic mass is 10.2. The van der Waals surface area contributed by atoms with Crippen LogP contribution in [0.25, 0.3) is 0 Å². The fourth-order valence-corrected chi connectivity index (χ4v) is 2.24. The Morgan fingerprint density at radius 1 is 1.21 bits per heavy atom. The van der Waals surface area contributed by atoms with Gasteiger partial charge in [0.2, 0.25) is 0 Å². The Balaban J connectivity index is 2.20. The first-order valence-electron chi connectivity index (χ1n) is 5.65. The minimum absolute atomic E-state index is 0.0672. The third-order valence-electron chi connectivity index (χ3n) is 2.70. The second-order valence-corrected chi connectivity index (χ2v) is 5.72. The molecular formula is C14H13BrN2OS. The molecule has 1 aromatic carbocycles. The van der Waals surface area contributed by atoms with Gasteiger partial charge < -0.3 is 0 Å². The Morgan fingerprint density at radius 3 is 2.42 bits per heavy atom. The fraction of sp³-hybridized carbons (Fsp3) is 0.143. The number of aromatic nitrogens is 1. The summed E-state index contributed by atoms with van der Waals surface area (Å²) in [7, 11) is 1.72. The third kappa shape index (κ3) is 3.36. The number of nitrogens with zero attached hydrogens (tertiary/aromatic N) is 2. The molecule has 0 spiro atoms. The first-order chi connectivity index (χ1) is 9.11. The number of halogens is 1. The van der Waals surface area contributed by atoms with Gasteiger partial charge in [-0.2, -0.15) is 0 Å². The van der Waals surface area contributed by atoms with Gasteiger partial charge in [0, 0.05) is 28.2 Å². The van der Waals surface area contributed by atoms with Gasteiger partial charge in [-0.15, -0.1) is 11.8 Å². The molecule has 1 amide bonds. The van der Waals surface area contributed by atoms with Crippen molar-refractivity contribution >= 4 is 39.4 Å². The van der Waals surface area contributed by atoms with E-state index in [1.54, 1.807) is 36.0 Å². The summed E-state index contributed by atoms with van der Waals surface area (Å²) in [4.78, 5) is 19.2. The molecule has 0 aliphatic heterocycles. The number of rotatable bonds is 3. The van der Waals surface area contributed by atoms with Gasteiger partial charge >= 0.3 is 0 Å². The van der Waals surface area contributed by atoms with Crippen molar-refractivity contribution in [2.24, 2.45) is 0 Å². The second kappa shape index (κ2) is 6.21. The lowest BCUT2D eigenvalue weighted by Crippen LogP contribution is -2.26. The average molecular weight is 337 g/mol. The summed E-state index contributed by atoms with van der Waals surface area (Å²) in [5, 5.41) is 0. The number of amides is 1. The highest BCUT2D eigenvalue weighted by atomic mass is 79.9. The predicted octanol–water partition coefficient (Wildman–Crippen LogP) is 3.84. The highest BCUT2D eigenvalue weighted by Gasteiger charge is 2.14. The first kappa shape index (κ1) is 14.1. The van der Waals surface area contributed by atoms with E-state index in [9.17, 15) is 4.79 Å². The monoisotopic (exact) mass is 336 g/mol. The number of thioether (sulfide) groups is 1. The van der Waals surface area contributed by atoms with Crippen molar-refractivity contribution in [1.82, 2.24) is 4.98 Å². The summed E-state index contributed by atoms with van der Waals surface area (Å²) in [6.45, 7) is 0. The molecule has 0 saturated heterocycles. The number of carbonyl (C=O) groups excluding carboxylic acids is 1. The van der Waals surface area contributed by atoms with Gasteiger partial charge in [0.05, 0.1) is 0 Å². The van der Waals surface area contributed by atoms with Crippen LogP contribution in [0, 0.1) is 0 Å². The van der Waals surface area contributed by atoms with Gasteiger partial charge in [0.1, 0.15) is 5.82 Å². The molecule has 0 fully saturated rings. The zero-order valence-electron chi connectivity index (χ0n) is 10.6. The maximum atomic E-state index is 12.3. The zero-order chi connectivity index (χ0) is 13.8. The van der Waals surface area contributed by atoms with Gasteiger partial charge in [0.25, 0.3) is 5.91 Å². The SMILES string of the molecule is CSc1ccc(C(=O)N(C)c2ccc(Br)cn2)cc1. The topological polar surface area (TPSA) is 33.2 Å². The summed E-state index contributed by atoms with van der Waals surface area (Å²) in [6.07, 6.45) is 3.69. The van der Waals surface area contributed by atoms with Crippen molar-refractivity contribution < 1.29 is 4.79 Å². The van der Waals surface area contributed by atoms with E-state index in [1.165, 1.54) is 0 Å². The van der Waals surface area contributed by atoms with Crippen LogP contribution in [0.4, 0.5) is 5.82 Å². The Bertz CT molecular complexity index is 569. The van der Waals surface area contributed by atoms with Crippen LogP contribution in [0.2, 0.25) is 0 Å². The molecule has 0 radical (unpaired) electrons. The predicted molar refractivity (Wildman–Crippen MR) is 82.9 cm³/mol. The van der Waals surface area contributed by atoms with Crippen molar-refractivity contribution in [3.05, 3.63) is 52.6 Å². The zero-order valence-corrected chi connectivity index (χ0v) is 13.0. The molecule has 0 saturated carbocycles. The van der Waals surface area contributed by atoms with Crippen LogP contribution in [0.5, 0.6) is 0 Å². The maximum absolute atomic E-state index is 12.3. The highest BCUT2D eigenvalue weighted by Crippen LogP contribution is 2.18. The number of pyridine rings is 1.